The first kappa shape index (κ1) is 14.3. The molecule has 3 nitrogen and oxygen atoms in total. The summed E-state index contributed by atoms with van der Waals surface area (Å²) in [7, 11) is 0. The zero-order chi connectivity index (χ0) is 14.7. The molecule has 0 aromatic heterocycles. The molecule has 3 heteroatoms. The number of rotatable bonds is 2. The number of benzene rings is 1. The molecule has 3 rings (SSSR count). The number of amides is 1. The van der Waals surface area contributed by atoms with Crippen molar-refractivity contribution in [3.8, 4) is 0 Å². The first-order valence-electron chi connectivity index (χ1n) is 7.92. The van der Waals surface area contributed by atoms with Gasteiger partial charge in [-0.1, -0.05) is 43.2 Å². The van der Waals surface area contributed by atoms with Crippen molar-refractivity contribution in [2.24, 2.45) is 5.92 Å². The Morgan fingerprint density at radius 3 is 2.86 bits per heavy atom. The van der Waals surface area contributed by atoms with E-state index in [0.717, 1.165) is 31.2 Å². The monoisotopic (exact) mass is 285 g/mol. The molecule has 2 fully saturated rings. The minimum atomic E-state index is -0.516. The van der Waals surface area contributed by atoms with Gasteiger partial charge >= 0.3 is 0 Å². The van der Waals surface area contributed by atoms with Crippen LogP contribution in [0.5, 0.6) is 0 Å². The summed E-state index contributed by atoms with van der Waals surface area (Å²) in [5.74, 6) is 0.320. The van der Waals surface area contributed by atoms with E-state index in [9.17, 15) is 9.90 Å². The lowest BCUT2D eigenvalue weighted by Crippen LogP contribution is -2.54. The van der Waals surface area contributed by atoms with Gasteiger partial charge in [-0.05, 0) is 30.9 Å². The molecule has 1 saturated heterocycles. The minimum Gasteiger partial charge on any atom is -0.389 e. The Morgan fingerprint density at radius 1 is 1.24 bits per heavy atom. The first-order valence-corrected chi connectivity index (χ1v) is 7.92. The lowest BCUT2D eigenvalue weighted by Gasteiger charge is -2.47. The van der Waals surface area contributed by atoms with Gasteiger partial charge in [0.25, 0.3) is 0 Å². The van der Waals surface area contributed by atoms with Crippen LogP contribution >= 0.6 is 0 Å². The molecule has 0 radical (unpaired) electrons. The van der Waals surface area contributed by atoms with Crippen LogP contribution in [0.15, 0.2) is 36.4 Å². The predicted octanol–water partition coefficient (Wildman–Crippen LogP) is 2.85. The fourth-order valence-corrected chi connectivity index (χ4v) is 3.61. The Labute approximate surface area is 126 Å². The highest BCUT2D eigenvalue weighted by Gasteiger charge is 2.43. The van der Waals surface area contributed by atoms with Gasteiger partial charge in [0.05, 0.1) is 5.60 Å². The highest BCUT2D eigenvalue weighted by Crippen LogP contribution is 2.39. The van der Waals surface area contributed by atoms with Gasteiger partial charge in [0.2, 0.25) is 5.91 Å². The number of fused-ring (bicyclic) bond motifs is 1. The number of hydrogen-bond donors (Lipinski definition) is 1. The number of nitrogens with zero attached hydrogens (tertiary/aromatic N) is 1. The van der Waals surface area contributed by atoms with Gasteiger partial charge in [0, 0.05) is 25.1 Å². The SMILES string of the molecule is O=C(C=Cc1ccccc1)N1CC[C@]2(O)CCCC[C@H]2C1. The maximum Gasteiger partial charge on any atom is 0.246 e. The van der Waals surface area contributed by atoms with E-state index in [1.54, 1.807) is 6.08 Å². The Kier molecular flexibility index (Phi) is 4.11. The zero-order valence-electron chi connectivity index (χ0n) is 12.4. The summed E-state index contributed by atoms with van der Waals surface area (Å²) in [5.41, 5.74) is 0.523. The Balaban J connectivity index is 1.62. The van der Waals surface area contributed by atoms with Crippen LogP contribution in [-0.2, 0) is 4.79 Å². The number of piperidine rings is 1. The third kappa shape index (κ3) is 3.18. The summed E-state index contributed by atoms with van der Waals surface area (Å²) in [6.45, 7) is 1.37. The van der Waals surface area contributed by atoms with Crippen LogP contribution in [0.2, 0.25) is 0 Å². The number of carbonyl (C=O) groups excluding carboxylic acids is 1. The van der Waals surface area contributed by atoms with Crippen LogP contribution in [0.4, 0.5) is 0 Å². The third-order valence-corrected chi connectivity index (χ3v) is 4.96. The van der Waals surface area contributed by atoms with Crippen LogP contribution in [0.25, 0.3) is 6.08 Å². The van der Waals surface area contributed by atoms with Gasteiger partial charge < -0.3 is 10.0 Å². The molecule has 1 aromatic rings. The van der Waals surface area contributed by atoms with Crippen molar-refractivity contribution in [1.82, 2.24) is 4.90 Å². The summed E-state index contributed by atoms with van der Waals surface area (Å²) in [4.78, 5) is 14.2. The molecular formula is C18H23NO2. The van der Waals surface area contributed by atoms with Gasteiger partial charge in [-0.3, -0.25) is 4.79 Å². The second-order valence-electron chi connectivity index (χ2n) is 6.32. The van der Waals surface area contributed by atoms with Crippen LogP contribution in [0, 0.1) is 5.92 Å². The summed E-state index contributed by atoms with van der Waals surface area (Å²) >= 11 is 0. The smallest absolute Gasteiger partial charge is 0.246 e. The number of aliphatic hydroxyl groups is 1. The standard InChI is InChI=1S/C18H23NO2/c20-17(10-9-15-6-2-1-3-7-15)19-13-12-18(21)11-5-4-8-16(18)14-19/h1-3,6-7,9-10,16,21H,4-5,8,11-14H2/t16-,18+/m0/s1. The van der Waals surface area contributed by atoms with Crippen molar-refractivity contribution in [2.45, 2.75) is 37.7 Å². The van der Waals surface area contributed by atoms with E-state index in [1.165, 1.54) is 6.42 Å². The fraction of sp³-hybridized carbons (Fsp3) is 0.500. The van der Waals surface area contributed by atoms with Crippen LogP contribution < -0.4 is 0 Å². The molecule has 21 heavy (non-hydrogen) atoms. The fourth-order valence-electron chi connectivity index (χ4n) is 3.61. The molecule has 1 aliphatic heterocycles. The lowest BCUT2D eigenvalue weighted by atomic mass is 9.71. The normalized spacial score (nSPS) is 29.4. The van der Waals surface area contributed by atoms with E-state index in [0.29, 0.717) is 13.1 Å². The van der Waals surface area contributed by atoms with Crippen molar-refractivity contribution in [3.05, 3.63) is 42.0 Å². The molecule has 1 amide bonds. The summed E-state index contributed by atoms with van der Waals surface area (Å²) in [6.07, 6.45) is 8.49. The van der Waals surface area contributed by atoms with Gasteiger partial charge in [-0.25, -0.2) is 0 Å². The van der Waals surface area contributed by atoms with E-state index in [-0.39, 0.29) is 11.8 Å². The highest BCUT2D eigenvalue weighted by molar-refractivity contribution is 5.91. The van der Waals surface area contributed by atoms with Gasteiger partial charge in [-0.15, -0.1) is 0 Å². The average molecular weight is 285 g/mol. The Morgan fingerprint density at radius 2 is 2.05 bits per heavy atom. The van der Waals surface area contributed by atoms with Gasteiger partial charge in [-0.2, -0.15) is 0 Å². The molecular weight excluding hydrogens is 262 g/mol. The molecule has 1 aliphatic carbocycles. The molecule has 1 aromatic carbocycles. The average Bonchev–Trinajstić information content (AvgIpc) is 2.52. The molecule has 0 spiro atoms. The van der Waals surface area contributed by atoms with Crippen molar-refractivity contribution < 1.29 is 9.90 Å². The minimum absolute atomic E-state index is 0.0616. The van der Waals surface area contributed by atoms with Crippen molar-refractivity contribution in [1.29, 1.82) is 0 Å². The highest BCUT2D eigenvalue weighted by atomic mass is 16.3. The Bertz CT molecular complexity index is 525. The van der Waals surface area contributed by atoms with Gasteiger partial charge in [0.15, 0.2) is 0 Å². The summed E-state index contributed by atoms with van der Waals surface area (Å²) < 4.78 is 0. The van der Waals surface area contributed by atoms with E-state index in [2.05, 4.69) is 0 Å². The third-order valence-electron chi connectivity index (χ3n) is 4.96. The van der Waals surface area contributed by atoms with Gasteiger partial charge in [0.1, 0.15) is 0 Å². The van der Waals surface area contributed by atoms with Crippen molar-refractivity contribution in [3.63, 3.8) is 0 Å². The number of hydrogen-bond acceptors (Lipinski definition) is 2. The van der Waals surface area contributed by atoms with Crippen LogP contribution in [0.1, 0.15) is 37.7 Å². The lowest BCUT2D eigenvalue weighted by molar-refractivity contribution is -0.138. The zero-order valence-corrected chi connectivity index (χ0v) is 12.4. The van der Waals surface area contributed by atoms with Crippen LogP contribution in [0.3, 0.4) is 0 Å². The number of likely N-dealkylation sites (tertiary alicyclic amines) is 1. The quantitative estimate of drug-likeness (QED) is 0.849. The summed E-state index contributed by atoms with van der Waals surface area (Å²) in [5, 5.41) is 10.6. The number of carbonyl (C=O) groups is 1. The topological polar surface area (TPSA) is 40.5 Å². The molecule has 1 saturated carbocycles. The molecule has 0 bridgehead atoms. The van der Waals surface area contributed by atoms with E-state index < -0.39 is 5.60 Å². The van der Waals surface area contributed by atoms with Crippen LogP contribution in [-0.4, -0.2) is 34.6 Å². The van der Waals surface area contributed by atoms with E-state index >= 15 is 0 Å². The molecule has 112 valence electrons. The second-order valence-corrected chi connectivity index (χ2v) is 6.32. The van der Waals surface area contributed by atoms with Crippen molar-refractivity contribution in [2.75, 3.05) is 13.1 Å². The maximum atomic E-state index is 12.3. The molecule has 2 atom stereocenters. The Hall–Kier alpha value is -1.61. The molecule has 1 heterocycles. The maximum absolute atomic E-state index is 12.3. The second kappa shape index (κ2) is 6.02. The van der Waals surface area contributed by atoms with Crippen molar-refractivity contribution >= 4 is 12.0 Å². The largest absolute Gasteiger partial charge is 0.389 e. The van der Waals surface area contributed by atoms with E-state index in [1.807, 2.05) is 41.3 Å². The predicted molar refractivity (Wildman–Crippen MR) is 83.6 cm³/mol. The molecule has 0 unspecified atom stereocenters. The molecule has 2 aliphatic rings. The first-order chi connectivity index (χ1) is 10.2. The molecule has 1 N–H and O–H groups in total. The summed E-state index contributed by atoms with van der Waals surface area (Å²) in [6, 6.07) is 9.87. The van der Waals surface area contributed by atoms with E-state index in [4.69, 9.17) is 0 Å².